The van der Waals surface area contributed by atoms with Gasteiger partial charge >= 0.3 is 0 Å². The Labute approximate surface area is 76.5 Å². The fourth-order valence-corrected chi connectivity index (χ4v) is 1.30. The maximum absolute atomic E-state index is 9.49. The third kappa shape index (κ3) is 7.80. The molecule has 0 radical (unpaired) electrons. The first-order valence-electron chi connectivity index (χ1n) is 4.96. The van der Waals surface area contributed by atoms with E-state index in [9.17, 15) is 5.11 Å². The summed E-state index contributed by atoms with van der Waals surface area (Å²) in [7, 11) is 0. The molecule has 0 heterocycles. The number of hydrogen-bond donors (Lipinski definition) is 1. The second-order valence-corrected chi connectivity index (χ2v) is 3.78. The van der Waals surface area contributed by atoms with Crippen LogP contribution in [0.15, 0.2) is 12.2 Å². The van der Waals surface area contributed by atoms with Crippen molar-refractivity contribution >= 4 is 0 Å². The Balaban J connectivity index is 3.25. The minimum atomic E-state index is -0.0877. The monoisotopic (exact) mass is 170 g/mol. The Kier molecular flexibility index (Phi) is 7.17. The molecule has 1 atom stereocenters. The topological polar surface area (TPSA) is 20.2 Å². The SMILES string of the molecule is C/C=C\CCCC(O)CC(C)C. The van der Waals surface area contributed by atoms with Gasteiger partial charge in [0.2, 0.25) is 0 Å². The number of allylic oxidation sites excluding steroid dienone is 2. The summed E-state index contributed by atoms with van der Waals surface area (Å²) in [6, 6.07) is 0. The van der Waals surface area contributed by atoms with Gasteiger partial charge in [-0.2, -0.15) is 0 Å². The summed E-state index contributed by atoms with van der Waals surface area (Å²) in [4.78, 5) is 0. The highest BCUT2D eigenvalue weighted by Gasteiger charge is 2.05. The van der Waals surface area contributed by atoms with Gasteiger partial charge in [0.05, 0.1) is 6.10 Å². The van der Waals surface area contributed by atoms with Crippen molar-refractivity contribution < 1.29 is 5.11 Å². The van der Waals surface area contributed by atoms with Gasteiger partial charge in [0.1, 0.15) is 0 Å². The van der Waals surface area contributed by atoms with E-state index >= 15 is 0 Å². The lowest BCUT2D eigenvalue weighted by atomic mass is 10.0. The number of unbranched alkanes of at least 4 members (excludes halogenated alkanes) is 1. The quantitative estimate of drug-likeness (QED) is 0.479. The Morgan fingerprint density at radius 2 is 2.00 bits per heavy atom. The molecule has 0 spiro atoms. The van der Waals surface area contributed by atoms with Gasteiger partial charge in [-0.15, -0.1) is 0 Å². The zero-order valence-corrected chi connectivity index (χ0v) is 8.59. The molecule has 1 N–H and O–H groups in total. The molecule has 1 nitrogen and oxygen atoms in total. The highest BCUT2D eigenvalue weighted by atomic mass is 16.3. The summed E-state index contributed by atoms with van der Waals surface area (Å²) in [6.07, 6.45) is 8.23. The van der Waals surface area contributed by atoms with E-state index in [1.807, 2.05) is 6.92 Å². The fraction of sp³-hybridized carbons (Fsp3) is 0.818. The number of aliphatic hydroxyl groups excluding tert-OH is 1. The highest BCUT2D eigenvalue weighted by Crippen LogP contribution is 2.10. The average Bonchev–Trinajstić information content (AvgIpc) is 1.97. The minimum absolute atomic E-state index is 0.0877. The molecule has 0 aliphatic heterocycles. The van der Waals surface area contributed by atoms with Crippen molar-refractivity contribution in [3.05, 3.63) is 12.2 Å². The van der Waals surface area contributed by atoms with Gasteiger partial charge in [0, 0.05) is 0 Å². The molecular weight excluding hydrogens is 148 g/mol. The third-order valence-electron chi connectivity index (χ3n) is 1.89. The summed E-state index contributed by atoms with van der Waals surface area (Å²) in [5.41, 5.74) is 0. The molecule has 0 aromatic heterocycles. The summed E-state index contributed by atoms with van der Waals surface area (Å²) in [6.45, 7) is 6.33. The smallest absolute Gasteiger partial charge is 0.0542 e. The molecule has 0 bridgehead atoms. The van der Waals surface area contributed by atoms with Gasteiger partial charge in [0.15, 0.2) is 0 Å². The zero-order chi connectivity index (χ0) is 9.40. The van der Waals surface area contributed by atoms with Crippen molar-refractivity contribution in [2.24, 2.45) is 5.92 Å². The molecule has 0 aliphatic rings. The predicted octanol–water partition coefficient (Wildman–Crippen LogP) is 3.14. The van der Waals surface area contributed by atoms with Crippen molar-refractivity contribution in [1.82, 2.24) is 0 Å². The maximum Gasteiger partial charge on any atom is 0.0542 e. The van der Waals surface area contributed by atoms with Crippen LogP contribution in [0.1, 0.15) is 46.5 Å². The molecule has 1 unspecified atom stereocenters. The lowest BCUT2D eigenvalue weighted by molar-refractivity contribution is 0.137. The van der Waals surface area contributed by atoms with Crippen LogP contribution in [0.25, 0.3) is 0 Å². The second kappa shape index (κ2) is 7.35. The minimum Gasteiger partial charge on any atom is -0.393 e. The third-order valence-corrected chi connectivity index (χ3v) is 1.89. The van der Waals surface area contributed by atoms with Crippen LogP contribution in [0.3, 0.4) is 0 Å². The number of rotatable bonds is 6. The van der Waals surface area contributed by atoms with Gasteiger partial charge in [0.25, 0.3) is 0 Å². The van der Waals surface area contributed by atoms with E-state index in [1.165, 1.54) is 0 Å². The van der Waals surface area contributed by atoms with Crippen molar-refractivity contribution in [2.45, 2.75) is 52.6 Å². The predicted molar refractivity (Wildman–Crippen MR) is 54.1 cm³/mol. The molecule has 72 valence electrons. The van der Waals surface area contributed by atoms with Crippen molar-refractivity contribution in [1.29, 1.82) is 0 Å². The summed E-state index contributed by atoms with van der Waals surface area (Å²) in [5, 5.41) is 9.49. The van der Waals surface area contributed by atoms with Crippen LogP contribution < -0.4 is 0 Å². The Morgan fingerprint density at radius 1 is 1.33 bits per heavy atom. The van der Waals surface area contributed by atoms with E-state index in [0.717, 1.165) is 25.7 Å². The largest absolute Gasteiger partial charge is 0.393 e. The number of aliphatic hydroxyl groups is 1. The fourth-order valence-electron chi connectivity index (χ4n) is 1.30. The van der Waals surface area contributed by atoms with Crippen LogP contribution in [-0.4, -0.2) is 11.2 Å². The summed E-state index contributed by atoms with van der Waals surface area (Å²) in [5.74, 6) is 0.613. The Hall–Kier alpha value is -0.300. The van der Waals surface area contributed by atoms with Crippen LogP contribution in [0.2, 0.25) is 0 Å². The van der Waals surface area contributed by atoms with Crippen LogP contribution in [0.4, 0.5) is 0 Å². The summed E-state index contributed by atoms with van der Waals surface area (Å²) < 4.78 is 0. The van der Waals surface area contributed by atoms with Gasteiger partial charge in [-0.25, -0.2) is 0 Å². The van der Waals surface area contributed by atoms with Crippen molar-refractivity contribution in [3.8, 4) is 0 Å². The molecule has 0 rings (SSSR count). The van der Waals surface area contributed by atoms with Gasteiger partial charge in [-0.3, -0.25) is 0 Å². The maximum atomic E-state index is 9.49. The molecular formula is C11H22O. The van der Waals surface area contributed by atoms with E-state index in [4.69, 9.17) is 0 Å². The first-order chi connectivity index (χ1) is 5.66. The summed E-state index contributed by atoms with van der Waals surface area (Å²) >= 11 is 0. The van der Waals surface area contributed by atoms with Crippen LogP contribution in [0.5, 0.6) is 0 Å². The molecule has 0 aliphatic carbocycles. The van der Waals surface area contributed by atoms with Crippen LogP contribution in [-0.2, 0) is 0 Å². The average molecular weight is 170 g/mol. The molecule has 0 amide bonds. The second-order valence-electron chi connectivity index (χ2n) is 3.78. The molecule has 0 fully saturated rings. The zero-order valence-electron chi connectivity index (χ0n) is 8.59. The standard InChI is InChI=1S/C11H22O/c1-4-5-6-7-8-11(12)9-10(2)3/h4-5,10-12H,6-9H2,1-3H3/b5-4-. The molecule has 0 saturated heterocycles. The molecule has 0 aromatic carbocycles. The van der Waals surface area contributed by atoms with Gasteiger partial charge in [-0.05, 0) is 38.5 Å². The molecule has 0 aromatic rings. The van der Waals surface area contributed by atoms with Crippen molar-refractivity contribution in [2.75, 3.05) is 0 Å². The molecule has 1 heteroatoms. The Morgan fingerprint density at radius 3 is 2.50 bits per heavy atom. The van der Waals surface area contributed by atoms with E-state index in [1.54, 1.807) is 0 Å². The van der Waals surface area contributed by atoms with Gasteiger partial charge < -0.3 is 5.11 Å². The van der Waals surface area contributed by atoms with Crippen LogP contribution in [0, 0.1) is 5.92 Å². The number of hydrogen-bond acceptors (Lipinski definition) is 1. The molecule has 0 saturated carbocycles. The first-order valence-corrected chi connectivity index (χ1v) is 4.96. The normalized spacial score (nSPS) is 14.4. The van der Waals surface area contributed by atoms with Crippen molar-refractivity contribution in [3.63, 3.8) is 0 Å². The van der Waals surface area contributed by atoms with E-state index in [2.05, 4.69) is 26.0 Å². The Bertz CT molecular complexity index is 116. The lowest BCUT2D eigenvalue weighted by Gasteiger charge is -2.11. The van der Waals surface area contributed by atoms with E-state index in [-0.39, 0.29) is 6.10 Å². The molecule has 12 heavy (non-hydrogen) atoms. The lowest BCUT2D eigenvalue weighted by Crippen LogP contribution is -2.09. The van der Waals surface area contributed by atoms with E-state index < -0.39 is 0 Å². The highest BCUT2D eigenvalue weighted by molar-refractivity contribution is 4.76. The van der Waals surface area contributed by atoms with Gasteiger partial charge in [-0.1, -0.05) is 26.0 Å². The van der Waals surface area contributed by atoms with Crippen LogP contribution >= 0.6 is 0 Å². The first kappa shape index (κ1) is 11.7. The van der Waals surface area contributed by atoms with E-state index in [0.29, 0.717) is 5.92 Å².